The number of para-hydroxylation sites is 1. The highest BCUT2D eigenvalue weighted by Crippen LogP contribution is 2.29. The van der Waals surface area contributed by atoms with Gasteiger partial charge in [0.1, 0.15) is 23.7 Å². The maximum atomic E-state index is 12.3. The standard InChI is InChI=1S/C22H23NO6/c1-3-26-17-9-10-19-18(13-17)15(2)21(29-19)22(25)28-14-20(24)23-11-12-27-16-7-5-4-6-8-16/h4-10,13H,3,11-12,14H2,1-2H3,(H,23,24). The highest BCUT2D eigenvalue weighted by molar-refractivity contribution is 5.97. The lowest BCUT2D eigenvalue weighted by Crippen LogP contribution is -2.32. The molecule has 3 rings (SSSR count). The molecule has 0 bridgehead atoms. The number of amides is 1. The molecule has 0 saturated heterocycles. The maximum absolute atomic E-state index is 12.3. The lowest BCUT2D eigenvalue weighted by atomic mass is 10.1. The van der Waals surface area contributed by atoms with Crippen LogP contribution in [-0.2, 0) is 9.53 Å². The molecule has 0 aliphatic rings. The summed E-state index contributed by atoms with van der Waals surface area (Å²) in [6.45, 7) is 4.42. The molecule has 3 aromatic rings. The molecule has 0 aliphatic heterocycles. The molecule has 29 heavy (non-hydrogen) atoms. The van der Waals surface area contributed by atoms with E-state index in [1.165, 1.54) is 0 Å². The molecular weight excluding hydrogens is 374 g/mol. The fourth-order valence-electron chi connectivity index (χ4n) is 2.77. The highest BCUT2D eigenvalue weighted by atomic mass is 16.5. The smallest absolute Gasteiger partial charge is 0.375 e. The number of hydrogen-bond acceptors (Lipinski definition) is 6. The quantitative estimate of drug-likeness (QED) is 0.439. The lowest BCUT2D eigenvalue weighted by molar-refractivity contribution is -0.124. The minimum atomic E-state index is -0.688. The van der Waals surface area contributed by atoms with E-state index in [1.807, 2.05) is 43.3 Å². The summed E-state index contributed by atoms with van der Waals surface area (Å²) in [6.07, 6.45) is 0. The summed E-state index contributed by atoms with van der Waals surface area (Å²) in [4.78, 5) is 24.2. The van der Waals surface area contributed by atoms with Gasteiger partial charge in [-0.2, -0.15) is 0 Å². The summed E-state index contributed by atoms with van der Waals surface area (Å²) < 4.78 is 21.6. The second kappa shape index (κ2) is 9.64. The first-order chi connectivity index (χ1) is 14.1. The predicted octanol–water partition coefficient (Wildman–Crippen LogP) is 3.49. The average molecular weight is 397 g/mol. The van der Waals surface area contributed by atoms with Crippen LogP contribution in [0.3, 0.4) is 0 Å². The summed E-state index contributed by atoms with van der Waals surface area (Å²) in [7, 11) is 0. The Morgan fingerprint density at radius 1 is 1.03 bits per heavy atom. The molecule has 0 unspecified atom stereocenters. The van der Waals surface area contributed by atoms with Crippen LogP contribution in [0.5, 0.6) is 11.5 Å². The Bertz CT molecular complexity index is 980. The van der Waals surface area contributed by atoms with E-state index in [-0.39, 0.29) is 5.76 Å². The number of carbonyl (C=O) groups excluding carboxylic acids is 2. The Labute approximate surface area is 168 Å². The van der Waals surface area contributed by atoms with Gasteiger partial charge in [0.05, 0.1) is 13.2 Å². The monoisotopic (exact) mass is 397 g/mol. The van der Waals surface area contributed by atoms with E-state index >= 15 is 0 Å². The van der Waals surface area contributed by atoms with Crippen LogP contribution in [0.2, 0.25) is 0 Å². The fraction of sp³-hybridized carbons (Fsp3) is 0.273. The molecule has 0 radical (unpaired) electrons. The van der Waals surface area contributed by atoms with Crippen LogP contribution in [0.4, 0.5) is 0 Å². The van der Waals surface area contributed by atoms with Gasteiger partial charge in [-0.25, -0.2) is 4.79 Å². The van der Waals surface area contributed by atoms with Crippen LogP contribution in [0, 0.1) is 6.92 Å². The van der Waals surface area contributed by atoms with Gasteiger partial charge in [-0.1, -0.05) is 18.2 Å². The molecule has 2 aromatic carbocycles. The Morgan fingerprint density at radius 3 is 2.59 bits per heavy atom. The minimum absolute atomic E-state index is 0.0776. The summed E-state index contributed by atoms with van der Waals surface area (Å²) in [5.41, 5.74) is 1.20. The van der Waals surface area contributed by atoms with Crippen molar-refractivity contribution < 1.29 is 28.2 Å². The molecule has 0 fully saturated rings. The van der Waals surface area contributed by atoms with Gasteiger partial charge in [0.2, 0.25) is 5.76 Å². The molecule has 1 aromatic heterocycles. The van der Waals surface area contributed by atoms with Crippen molar-refractivity contribution in [3.05, 3.63) is 59.9 Å². The van der Waals surface area contributed by atoms with Crippen molar-refractivity contribution in [3.63, 3.8) is 0 Å². The first-order valence-corrected chi connectivity index (χ1v) is 9.36. The second-order valence-electron chi connectivity index (χ2n) is 6.23. The molecule has 0 saturated carbocycles. The summed E-state index contributed by atoms with van der Waals surface area (Å²) >= 11 is 0. The van der Waals surface area contributed by atoms with Gasteiger partial charge in [0.15, 0.2) is 6.61 Å². The van der Waals surface area contributed by atoms with Crippen LogP contribution < -0.4 is 14.8 Å². The van der Waals surface area contributed by atoms with E-state index in [2.05, 4.69) is 5.32 Å². The normalized spacial score (nSPS) is 10.6. The van der Waals surface area contributed by atoms with Crippen molar-refractivity contribution in [2.45, 2.75) is 13.8 Å². The number of benzene rings is 2. The summed E-state index contributed by atoms with van der Waals surface area (Å²) in [6, 6.07) is 14.6. The molecule has 0 aliphatic carbocycles. The number of ether oxygens (including phenoxy) is 3. The van der Waals surface area contributed by atoms with Crippen molar-refractivity contribution in [2.75, 3.05) is 26.4 Å². The molecule has 1 heterocycles. The number of fused-ring (bicyclic) bond motifs is 1. The molecule has 1 N–H and O–H groups in total. The van der Waals surface area contributed by atoms with Gasteiger partial charge in [-0.3, -0.25) is 4.79 Å². The number of rotatable bonds is 9. The van der Waals surface area contributed by atoms with Gasteiger partial charge in [-0.05, 0) is 44.2 Å². The average Bonchev–Trinajstić information content (AvgIpc) is 3.07. The minimum Gasteiger partial charge on any atom is -0.494 e. The van der Waals surface area contributed by atoms with Crippen LogP contribution in [0.15, 0.2) is 52.9 Å². The van der Waals surface area contributed by atoms with E-state index in [0.29, 0.717) is 36.7 Å². The van der Waals surface area contributed by atoms with Crippen molar-refractivity contribution in [1.82, 2.24) is 5.32 Å². The zero-order valence-corrected chi connectivity index (χ0v) is 16.4. The predicted molar refractivity (Wildman–Crippen MR) is 107 cm³/mol. The Kier molecular flexibility index (Phi) is 6.73. The van der Waals surface area contributed by atoms with Crippen molar-refractivity contribution in [2.24, 2.45) is 0 Å². The highest BCUT2D eigenvalue weighted by Gasteiger charge is 2.20. The number of furan rings is 1. The van der Waals surface area contributed by atoms with Gasteiger partial charge < -0.3 is 23.9 Å². The third-order valence-electron chi connectivity index (χ3n) is 4.17. The molecule has 1 amide bonds. The van der Waals surface area contributed by atoms with E-state index in [1.54, 1.807) is 19.1 Å². The second-order valence-corrected chi connectivity index (χ2v) is 6.23. The zero-order valence-electron chi connectivity index (χ0n) is 16.4. The lowest BCUT2D eigenvalue weighted by Gasteiger charge is -2.08. The molecule has 7 heteroatoms. The van der Waals surface area contributed by atoms with E-state index in [9.17, 15) is 9.59 Å². The SMILES string of the molecule is CCOc1ccc2oc(C(=O)OCC(=O)NCCOc3ccccc3)c(C)c2c1. The van der Waals surface area contributed by atoms with E-state index in [4.69, 9.17) is 18.6 Å². The van der Waals surface area contributed by atoms with Crippen LogP contribution in [-0.4, -0.2) is 38.2 Å². The largest absolute Gasteiger partial charge is 0.494 e. The van der Waals surface area contributed by atoms with Crippen LogP contribution in [0.25, 0.3) is 11.0 Å². The van der Waals surface area contributed by atoms with Crippen LogP contribution in [0.1, 0.15) is 23.0 Å². The molecule has 0 spiro atoms. The molecule has 0 atom stereocenters. The van der Waals surface area contributed by atoms with Crippen molar-refractivity contribution in [3.8, 4) is 11.5 Å². The number of esters is 1. The number of aryl methyl sites for hydroxylation is 1. The molecule has 152 valence electrons. The van der Waals surface area contributed by atoms with Gasteiger partial charge in [0.25, 0.3) is 5.91 Å². The van der Waals surface area contributed by atoms with Gasteiger partial charge in [-0.15, -0.1) is 0 Å². The van der Waals surface area contributed by atoms with Crippen molar-refractivity contribution >= 4 is 22.8 Å². The Morgan fingerprint density at radius 2 is 1.83 bits per heavy atom. The number of hydrogen-bond donors (Lipinski definition) is 1. The zero-order chi connectivity index (χ0) is 20.6. The molecular formula is C22H23NO6. The fourth-order valence-corrected chi connectivity index (χ4v) is 2.77. The summed E-state index contributed by atoms with van der Waals surface area (Å²) in [5, 5.41) is 3.40. The third-order valence-corrected chi connectivity index (χ3v) is 4.17. The first kappa shape index (κ1) is 20.3. The number of nitrogens with one attached hydrogen (secondary N) is 1. The van der Waals surface area contributed by atoms with E-state index in [0.717, 1.165) is 11.1 Å². The van der Waals surface area contributed by atoms with Crippen LogP contribution >= 0.6 is 0 Å². The Balaban J connectivity index is 1.48. The summed E-state index contributed by atoms with van der Waals surface area (Å²) in [5.74, 6) is 0.394. The van der Waals surface area contributed by atoms with E-state index < -0.39 is 18.5 Å². The third kappa shape index (κ3) is 5.28. The topological polar surface area (TPSA) is 87.0 Å². The van der Waals surface area contributed by atoms with Crippen molar-refractivity contribution in [1.29, 1.82) is 0 Å². The Hall–Kier alpha value is -3.48. The van der Waals surface area contributed by atoms with Gasteiger partial charge >= 0.3 is 5.97 Å². The maximum Gasteiger partial charge on any atom is 0.375 e. The molecule has 7 nitrogen and oxygen atoms in total. The number of carbonyl (C=O) groups is 2. The first-order valence-electron chi connectivity index (χ1n) is 9.36. The van der Waals surface area contributed by atoms with Gasteiger partial charge in [0, 0.05) is 10.9 Å².